The molecule has 0 aromatic carbocycles. The van der Waals surface area contributed by atoms with Crippen molar-refractivity contribution in [3.8, 4) is 0 Å². The SMILES string of the molecule is Cc1[nH]c(C(=O)N2CCC[C@H](C(=O)NCCCN3CCCCCC3)C2)c(C)c1C(=O)OC(C)C. The second-order valence-corrected chi connectivity index (χ2v) is 10.1. The van der Waals surface area contributed by atoms with Gasteiger partial charge in [-0.25, -0.2) is 4.79 Å². The lowest BCUT2D eigenvalue weighted by molar-refractivity contribution is -0.126. The molecule has 2 amide bonds. The van der Waals surface area contributed by atoms with Crippen LogP contribution in [0.15, 0.2) is 0 Å². The van der Waals surface area contributed by atoms with Crippen molar-refractivity contribution in [2.75, 3.05) is 39.3 Å². The van der Waals surface area contributed by atoms with Crippen LogP contribution < -0.4 is 5.32 Å². The molecule has 0 aliphatic carbocycles. The number of amides is 2. The van der Waals surface area contributed by atoms with E-state index < -0.39 is 5.97 Å². The van der Waals surface area contributed by atoms with E-state index in [1.807, 2.05) is 0 Å². The van der Waals surface area contributed by atoms with Gasteiger partial charge in [-0.2, -0.15) is 0 Å². The van der Waals surface area contributed by atoms with Crippen LogP contribution in [0.2, 0.25) is 0 Å². The smallest absolute Gasteiger partial charge is 0.340 e. The topological polar surface area (TPSA) is 94.7 Å². The van der Waals surface area contributed by atoms with E-state index in [1.54, 1.807) is 32.6 Å². The van der Waals surface area contributed by atoms with Crippen molar-refractivity contribution in [2.45, 2.75) is 78.7 Å². The monoisotopic (exact) mass is 474 g/mol. The molecule has 1 aromatic rings. The Labute approximate surface area is 203 Å². The summed E-state index contributed by atoms with van der Waals surface area (Å²) in [7, 11) is 0. The van der Waals surface area contributed by atoms with Gasteiger partial charge in [-0.3, -0.25) is 9.59 Å². The predicted molar refractivity (Wildman–Crippen MR) is 132 cm³/mol. The summed E-state index contributed by atoms with van der Waals surface area (Å²) < 4.78 is 5.34. The number of H-pyrrole nitrogens is 1. The van der Waals surface area contributed by atoms with Crippen LogP contribution in [0.25, 0.3) is 0 Å². The summed E-state index contributed by atoms with van der Waals surface area (Å²) in [4.78, 5) is 45.9. The molecular weight excluding hydrogens is 432 g/mol. The minimum atomic E-state index is -0.420. The maximum absolute atomic E-state index is 13.3. The number of esters is 1. The van der Waals surface area contributed by atoms with E-state index in [1.165, 1.54) is 38.8 Å². The summed E-state index contributed by atoms with van der Waals surface area (Å²) in [5.41, 5.74) is 2.06. The van der Waals surface area contributed by atoms with Gasteiger partial charge in [-0.15, -0.1) is 0 Å². The molecule has 1 aromatic heterocycles. The summed E-state index contributed by atoms with van der Waals surface area (Å²) >= 11 is 0. The van der Waals surface area contributed by atoms with Crippen molar-refractivity contribution in [3.63, 3.8) is 0 Å². The molecule has 8 heteroatoms. The standard InChI is InChI=1S/C26H42N4O4/c1-18(2)34-26(33)22-19(3)23(28-20(22)4)25(32)30-16-9-11-21(17-30)24(31)27-12-10-15-29-13-7-5-6-8-14-29/h18,21,28H,5-17H2,1-4H3,(H,27,31)/t21-/m0/s1. The van der Waals surface area contributed by atoms with Crippen LogP contribution in [-0.4, -0.2) is 77.9 Å². The first-order valence-corrected chi connectivity index (χ1v) is 13.0. The van der Waals surface area contributed by atoms with Gasteiger partial charge in [-0.05, 0) is 85.0 Å². The van der Waals surface area contributed by atoms with Gasteiger partial charge in [0.05, 0.1) is 17.6 Å². The predicted octanol–water partition coefficient (Wildman–Crippen LogP) is 3.43. The highest BCUT2D eigenvalue weighted by Gasteiger charge is 2.32. The second-order valence-electron chi connectivity index (χ2n) is 10.1. The number of nitrogens with zero attached hydrogens (tertiary/aromatic N) is 2. The summed E-state index contributed by atoms with van der Waals surface area (Å²) in [5, 5.41) is 3.09. The highest BCUT2D eigenvalue weighted by atomic mass is 16.5. The number of carbonyl (C=O) groups excluding carboxylic acids is 3. The minimum Gasteiger partial charge on any atom is -0.459 e. The maximum atomic E-state index is 13.3. The summed E-state index contributed by atoms with van der Waals surface area (Å²) in [5.74, 6) is -0.745. The highest BCUT2D eigenvalue weighted by Crippen LogP contribution is 2.24. The zero-order valence-electron chi connectivity index (χ0n) is 21.4. The lowest BCUT2D eigenvalue weighted by Gasteiger charge is -2.32. The fourth-order valence-electron chi connectivity index (χ4n) is 5.10. The molecule has 3 rings (SSSR count). The Morgan fingerprint density at radius 3 is 2.44 bits per heavy atom. The first-order valence-electron chi connectivity index (χ1n) is 13.0. The Kier molecular flexibility index (Phi) is 9.56. The fourth-order valence-corrected chi connectivity index (χ4v) is 5.10. The van der Waals surface area contributed by atoms with Crippen molar-refractivity contribution >= 4 is 17.8 Å². The Balaban J connectivity index is 1.52. The van der Waals surface area contributed by atoms with Gasteiger partial charge in [0, 0.05) is 25.3 Å². The van der Waals surface area contributed by atoms with Crippen LogP contribution in [0.1, 0.15) is 90.9 Å². The normalized spacial score (nSPS) is 19.7. The van der Waals surface area contributed by atoms with Crippen molar-refractivity contribution in [1.82, 2.24) is 20.1 Å². The van der Waals surface area contributed by atoms with E-state index in [4.69, 9.17) is 4.74 Å². The fraction of sp³-hybridized carbons (Fsp3) is 0.731. The van der Waals surface area contributed by atoms with Gasteiger partial charge in [0.25, 0.3) is 5.91 Å². The molecule has 190 valence electrons. The van der Waals surface area contributed by atoms with E-state index in [0.29, 0.717) is 42.1 Å². The van der Waals surface area contributed by atoms with Crippen LogP contribution in [-0.2, 0) is 9.53 Å². The molecule has 1 atom stereocenters. The Morgan fingerprint density at radius 2 is 1.76 bits per heavy atom. The van der Waals surface area contributed by atoms with Crippen molar-refractivity contribution in [2.24, 2.45) is 5.92 Å². The van der Waals surface area contributed by atoms with Crippen molar-refractivity contribution < 1.29 is 19.1 Å². The maximum Gasteiger partial charge on any atom is 0.340 e. The molecule has 0 unspecified atom stereocenters. The number of carbonyl (C=O) groups is 3. The molecule has 34 heavy (non-hydrogen) atoms. The minimum absolute atomic E-state index is 0.0361. The molecule has 0 spiro atoms. The van der Waals surface area contributed by atoms with Gasteiger partial charge < -0.3 is 24.8 Å². The third kappa shape index (κ3) is 6.84. The highest BCUT2D eigenvalue weighted by molar-refractivity contribution is 6.00. The van der Waals surface area contributed by atoms with Crippen LogP contribution in [0.4, 0.5) is 0 Å². The molecule has 0 bridgehead atoms. The van der Waals surface area contributed by atoms with Gasteiger partial charge in [-0.1, -0.05) is 12.8 Å². The number of hydrogen-bond donors (Lipinski definition) is 2. The number of aryl methyl sites for hydroxylation is 1. The average Bonchev–Trinajstić information content (AvgIpc) is 2.95. The lowest BCUT2D eigenvalue weighted by atomic mass is 9.96. The molecule has 2 aliphatic rings. The Bertz CT molecular complexity index is 855. The Morgan fingerprint density at radius 1 is 1.06 bits per heavy atom. The van der Waals surface area contributed by atoms with Gasteiger partial charge in [0.15, 0.2) is 0 Å². The molecule has 8 nitrogen and oxygen atoms in total. The van der Waals surface area contributed by atoms with E-state index in [9.17, 15) is 14.4 Å². The number of rotatable bonds is 8. The largest absolute Gasteiger partial charge is 0.459 e. The summed E-state index contributed by atoms with van der Waals surface area (Å²) in [6.07, 6.45) is 7.51. The number of ether oxygens (including phenoxy) is 1. The third-order valence-corrected chi connectivity index (χ3v) is 6.93. The number of piperidine rings is 1. The number of aromatic nitrogens is 1. The number of aromatic amines is 1. The molecule has 2 N–H and O–H groups in total. The summed E-state index contributed by atoms with van der Waals surface area (Å²) in [6, 6.07) is 0. The van der Waals surface area contributed by atoms with E-state index in [0.717, 1.165) is 25.8 Å². The third-order valence-electron chi connectivity index (χ3n) is 6.93. The number of likely N-dealkylation sites (tertiary alicyclic amines) is 2. The average molecular weight is 475 g/mol. The van der Waals surface area contributed by atoms with E-state index >= 15 is 0 Å². The van der Waals surface area contributed by atoms with Crippen molar-refractivity contribution in [1.29, 1.82) is 0 Å². The quantitative estimate of drug-likeness (QED) is 0.445. The lowest BCUT2D eigenvalue weighted by Crippen LogP contribution is -2.46. The van der Waals surface area contributed by atoms with Gasteiger partial charge >= 0.3 is 5.97 Å². The zero-order chi connectivity index (χ0) is 24.7. The zero-order valence-corrected chi connectivity index (χ0v) is 21.4. The van der Waals surface area contributed by atoms with Crippen molar-refractivity contribution in [3.05, 3.63) is 22.5 Å². The first kappa shape index (κ1) is 26.3. The van der Waals surface area contributed by atoms with Crippen LogP contribution in [0.5, 0.6) is 0 Å². The van der Waals surface area contributed by atoms with Crippen LogP contribution in [0, 0.1) is 19.8 Å². The molecule has 3 heterocycles. The second kappa shape index (κ2) is 12.4. The van der Waals surface area contributed by atoms with Crippen LogP contribution >= 0.6 is 0 Å². The summed E-state index contributed by atoms with van der Waals surface area (Å²) in [6.45, 7) is 12.2. The van der Waals surface area contributed by atoms with E-state index in [2.05, 4.69) is 15.2 Å². The first-order chi connectivity index (χ1) is 16.3. The van der Waals surface area contributed by atoms with Gasteiger partial charge in [0.2, 0.25) is 5.91 Å². The molecule has 2 fully saturated rings. The molecular formula is C26H42N4O4. The van der Waals surface area contributed by atoms with Gasteiger partial charge in [0.1, 0.15) is 5.69 Å². The Hall–Kier alpha value is -2.35. The molecule has 0 radical (unpaired) electrons. The number of nitrogens with one attached hydrogen (secondary N) is 2. The molecule has 0 saturated carbocycles. The number of hydrogen-bond acceptors (Lipinski definition) is 5. The molecule has 2 saturated heterocycles. The molecule has 2 aliphatic heterocycles. The van der Waals surface area contributed by atoms with Crippen LogP contribution in [0.3, 0.4) is 0 Å². The van der Waals surface area contributed by atoms with E-state index in [-0.39, 0.29) is 23.8 Å².